The molecule has 302 valence electrons. The molecule has 4 N–H and O–H groups in total. The fraction of sp³-hybridized carbons (Fsp3) is 0.488. The molecule has 0 saturated carbocycles. The number of amides is 4. The van der Waals surface area contributed by atoms with Crippen LogP contribution in [0.25, 0.3) is 33.6 Å². The monoisotopic (exact) mass is 778 g/mol. The molecule has 7 rings (SSSR count). The van der Waals surface area contributed by atoms with Gasteiger partial charge in [-0.25, -0.2) is 19.6 Å². The normalized spacial score (nSPS) is 19.3. The van der Waals surface area contributed by atoms with Gasteiger partial charge in [-0.15, -0.1) is 0 Å². The maximum atomic E-state index is 13.7. The molecule has 2 fully saturated rings. The van der Waals surface area contributed by atoms with E-state index in [9.17, 15) is 19.2 Å². The quantitative estimate of drug-likeness (QED) is 0.135. The van der Waals surface area contributed by atoms with Crippen LogP contribution < -0.4 is 10.6 Å². The van der Waals surface area contributed by atoms with Gasteiger partial charge in [0.2, 0.25) is 11.8 Å². The van der Waals surface area contributed by atoms with Gasteiger partial charge in [-0.05, 0) is 83.0 Å². The number of hydrogen-bond donors (Lipinski definition) is 4. The third-order valence-corrected chi connectivity index (χ3v) is 12.0. The van der Waals surface area contributed by atoms with E-state index in [1.54, 1.807) is 0 Å². The largest absolute Gasteiger partial charge is 0.453 e. The number of methoxy groups -OCH3 is 2. The SMILES string of the molecule is COC(=O)N[C@H](C(=O)N1CCC[C@H]1c1ncc(-c2ccc3c(c2)C(C)(C)c2cc(-c4cnc([C@@H]5CCCN5C(=O)[C@@H](NC(=O)OC)C(C)C)[nH]4)ccc2-3)[nH]1)C(C)C. The number of carbonyl (C=O) groups is 4. The topological polar surface area (TPSA) is 175 Å². The molecule has 4 atom stereocenters. The summed E-state index contributed by atoms with van der Waals surface area (Å²) in [6.07, 6.45) is 5.67. The molecule has 0 bridgehead atoms. The molecule has 0 unspecified atom stereocenters. The van der Waals surface area contributed by atoms with Crippen LogP contribution >= 0.6 is 0 Å². The molecule has 2 aliphatic heterocycles. The molecule has 2 saturated heterocycles. The van der Waals surface area contributed by atoms with Crippen molar-refractivity contribution in [2.75, 3.05) is 27.3 Å². The average Bonchev–Trinajstić information content (AvgIpc) is 4.05. The Kier molecular flexibility index (Phi) is 10.9. The Morgan fingerprint density at radius 2 is 1.11 bits per heavy atom. The number of ether oxygens (including phenoxy) is 2. The van der Waals surface area contributed by atoms with E-state index in [0.29, 0.717) is 13.1 Å². The van der Waals surface area contributed by atoms with Crippen molar-refractivity contribution in [3.8, 4) is 33.6 Å². The maximum Gasteiger partial charge on any atom is 0.407 e. The van der Waals surface area contributed by atoms with Gasteiger partial charge in [0, 0.05) is 18.5 Å². The smallest absolute Gasteiger partial charge is 0.407 e. The number of alkyl carbamates (subject to hydrolysis) is 2. The number of nitrogens with zero attached hydrogens (tertiary/aromatic N) is 4. The standard InChI is InChI=1S/C43H54N8O6/c1-23(2)35(48-41(54)56-7)39(52)50-17-9-11-33(50)37-44-21-31(46-37)25-13-15-27-28-16-14-26(20-30(28)43(5,6)29(27)19-25)32-22-45-38(47-32)34-12-10-18-51(34)40(53)36(24(3)4)49-42(55)57-8/h13-16,19-24,33-36H,9-12,17-18H2,1-8H3,(H,44,46)(H,45,47)(H,48,54)(H,49,55)/t33-,34-,35-,36-/m0/s1. The molecule has 3 aliphatic rings. The van der Waals surface area contributed by atoms with Crippen molar-refractivity contribution in [2.24, 2.45) is 11.8 Å². The van der Waals surface area contributed by atoms with Crippen molar-refractivity contribution in [2.45, 2.75) is 96.8 Å². The summed E-state index contributed by atoms with van der Waals surface area (Å²) in [4.78, 5) is 71.6. The first-order valence-electron chi connectivity index (χ1n) is 19.9. The highest BCUT2D eigenvalue weighted by Gasteiger charge is 2.40. The van der Waals surface area contributed by atoms with Gasteiger partial charge >= 0.3 is 12.2 Å². The van der Waals surface area contributed by atoms with Gasteiger partial charge in [-0.3, -0.25) is 9.59 Å². The number of fused-ring (bicyclic) bond motifs is 3. The average molecular weight is 779 g/mol. The Morgan fingerprint density at radius 3 is 1.47 bits per heavy atom. The minimum Gasteiger partial charge on any atom is -0.453 e. The van der Waals surface area contributed by atoms with Crippen molar-refractivity contribution in [3.05, 3.63) is 71.6 Å². The lowest BCUT2D eigenvalue weighted by Crippen LogP contribution is -2.51. The van der Waals surface area contributed by atoms with E-state index in [1.165, 1.54) is 36.5 Å². The summed E-state index contributed by atoms with van der Waals surface area (Å²) in [6.45, 7) is 13.3. The van der Waals surface area contributed by atoms with Crippen molar-refractivity contribution in [1.82, 2.24) is 40.4 Å². The number of nitrogens with one attached hydrogen (secondary N) is 4. The van der Waals surface area contributed by atoms with E-state index < -0.39 is 24.3 Å². The molecule has 0 spiro atoms. The molecule has 14 nitrogen and oxygen atoms in total. The number of benzene rings is 2. The molecule has 0 radical (unpaired) electrons. The van der Waals surface area contributed by atoms with Crippen molar-refractivity contribution < 1.29 is 28.7 Å². The van der Waals surface area contributed by atoms with E-state index in [2.05, 4.69) is 70.8 Å². The first-order chi connectivity index (χ1) is 27.2. The number of rotatable bonds is 10. The van der Waals surface area contributed by atoms with Crippen LogP contribution in [0.15, 0.2) is 48.8 Å². The van der Waals surface area contributed by atoms with Gasteiger partial charge in [0.15, 0.2) is 0 Å². The van der Waals surface area contributed by atoms with Crippen LogP contribution in [0.2, 0.25) is 0 Å². The molecule has 4 aromatic rings. The van der Waals surface area contributed by atoms with Crippen molar-refractivity contribution in [3.63, 3.8) is 0 Å². The summed E-state index contributed by atoms with van der Waals surface area (Å²) in [5.74, 6) is 0.951. The molecular formula is C43H54N8O6. The molecule has 14 heteroatoms. The van der Waals surface area contributed by atoms with E-state index in [0.717, 1.165) is 59.8 Å². The number of aromatic amines is 2. The highest BCUT2D eigenvalue weighted by molar-refractivity contribution is 5.88. The molecule has 57 heavy (non-hydrogen) atoms. The van der Waals surface area contributed by atoms with E-state index >= 15 is 0 Å². The second kappa shape index (κ2) is 15.7. The fourth-order valence-electron chi connectivity index (χ4n) is 8.76. The number of likely N-dealkylation sites (tertiary alicyclic amines) is 2. The van der Waals surface area contributed by atoms with Crippen molar-refractivity contribution in [1.29, 1.82) is 0 Å². The van der Waals surface area contributed by atoms with Crippen molar-refractivity contribution >= 4 is 24.0 Å². The van der Waals surface area contributed by atoms with E-state index in [-0.39, 0.29) is 41.1 Å². The Balaban J connectivity index is 1.09. The lowest BCUT2D eigenvalue weighted by Gasteiger charge is -2.30. The minimum atomic E-state index is -0.696. The highest BCUT2D eigenvalue weighted by Crippen LogP contribution is 2.50. The fourth-order valence-corrected chi connectivity index (χ4v) is 8.76. The van der Waals surface area contributed by atoms with E-state index in [4.69, 9.17) is 19.4 Å². The minimum absolute atomic E-state index is 0.112. The Morgan fingerprint density at radius 1 is 0.702 bits per heavy atom. The van der Waals surface area contributed by atoms with Crippen LogP contribution in [-0.2, 0) is 24.5 Å². The molecular weight excluding hydrogens is 725 g/mol. The van der Waals surface area contributed by atoms with Crippen LogP contribution in [-0.4, -0.2) is 93.1 Å². The predicted octanol–water partition coefficient (Wildman–Crippen LogP) is 6.86. The lowest BCUT2D eigenvalue weighted by molar-refractivity contribution is -0.136. The van der Waals surface area contributed by atoms with Crippen LogP contribution in [0.3, 0.4) is 0 Å². The van der Waals surface area contributed by atoms with Gasteiger partial charge in [0.25, 0.3) is 0 Å². The number of carbonyl (C=O) groups excluding carboxylic acids is 4. The molecule has 4 amide bonds. The second-order valence-electron chi connectivity index (χ2n) is 16.6. The zero-order valence-corrected chi connectivity index (χ0v) is 34.1. The summed E-state index contributed by atoms with van der Waals surface area (Å²) in [6, 6.07) is 11.2. The van der Waals surface area contributed by atoms with Gasteiger partial charge in [0.05, 0.1) is 50.1 Å². The van der Waals surface area contributed by atoms with Crippen LogP contribution in [0.5, 0.6) is 0 Å². The number of aromatic nitrogens is 4. The second-order valence-corrected chi connectivity index (χ2v) is 16.6. The lowest BCUT2D eigenvalue weighted by atomic mass is 9.81. The Hall–Kier alpha value is -5.66. The zero-order valence-electron chi connectivity index (χ0n) is 34.1. The molecule has 2 aromatic carbocycles. The summed E-state index contributed by atoms with van der Waals surface area (Å²) >= 11 is 0. The number of hydrogen-bond acceptors (Lipinski definition) is 8. The maximum absolute atomic E-state index is 13.7. The van der Waals surface area contributed by atoms with Gasteiger partial charge in [-0.2, -0.15) is 0 Å². The predicted molar refractivity (Wildman–Crippen MR) is 215 cm³/mol. The summed E-state index contributed by atoms with van der Waals surface area (Å²) in [7, 11) is 2.59. The Labute approximate surface area is 333 Å². The summed E-state index contributed by atoms with van der Waals surface area (Å²) in [5, 5.41) is 5.43. The molecule has 4 heterocycles. The number of imidazole rings is 2. The highest BCUT2D eigenvalue weighted by atomic mass is 16.5. The number of H-pyrrole nitrogens is 2. The first-order valence-corrected chi connectivity index (χ1v) is 19.9. The summed E-state index contributed by atoms with van der Waals surface area (Å²) < 4.78 is 9.57. The molecule has 1 aliphatic carbocycles. The Bertz CT molecular complexity index is 2020. The zero-order chi connectivity index (χ0) is 40.8. The van der Waals surface area contributed by atoms with Gasteiger partial charge in [0.1, 0.15) is 23.7 Å². The summed E-state index contributed by atoms with van der Waals surface area (Å²) in [5.41, 5.74) is 8.24. The third kappa shape index (κ3) is 7.37. The third-order valence-electron chi connectivity index (χ3n) is 12.0. The van der Waals surface area contributed by atoms with Gasteiger partial charge < -0.3 is 39.9 Å². The van der Waals surface area contributed by atoms with Gasteiger partial charge in [-0.1, -0.05) is 65.8 Å². The first kappa shape index (κ1) is 39.6. The van der Waals surface area contributed by atoms with Crippen LogP contribution in [0.1, 0.15) is 102 Å². The van der Waals surface area contributed by atoms with Crippen LogP contribution in [0, 0.1) is 11.8 Å². The van der Waals surface area contributed by atoms with Crippen LogP contribution in [0.4, 0.5) is 9.59 Å². The molecule has 2 aromatic heterocycles. The van der Waals surface area contributed by atoms with E-state index in [1.807, 2.05) is 49.9 Å².